The zero-order chi connectivity index (χ0) is 16.3. The standard InChI is InChI=1S/C14H14F3N3OS/c15-14(16,17)12-8-3-1-2-4-10(8)20-13(9(12)7-18)22-6-5-11(19)21/h1-6H2,(H2,19,21). The van der Waals surface area contributed by atoms with E-state index in [0.29, 0.717) is 18.5 Å². The van der Waals surface area contributed by atoms with Gasteiger partial charge in [-0.2, -0.15) is 18.4 Å². The van der Waals surface area contributed by atoms with E-state index in [1.54, 1.807) is 6.07 Å². The van der Waals surface area contributed by atoms with Crippen molar-refractivity contribution in [3.05, 3.63) is 22.4 Å². The van der Waals surface area contributed by atoms with Crippen LogP contribution in [0.5, 0.6) is 0 Å². The second-order valence-electron chi connectivity index (χ2n) is 4.97. The number of carbonyl (C=O) groups is 1. The molecule has 0 spiro atoms. The molecule has 0 saturated heterocycles. The number of primary amides is 1. The molecule has 4 nitrogen and oxygen atoms in total. The molecule has 0 unspecified atom stereocenters. The largest absolute Gasteiger partial charge is 0.418 e. The van der Waals surface area contributed by atoms with Gasteiger partial charge in [-0.15, -0.1) is 11.8 Å². The normalized spacial score (nSPS) is 14.3. The fourth-order valence-corrected chi connectivity index (χ4v) is 3.45. The van der Waals surface area contributed by atoms with Crippen molar-refractivity contribution in [1.82, 2.24) is 4.98 Å². The van der Waals surface area contributed by atoms with Crippen molar-refractivity contribution in [3.8, 4) is 6.07 Å². The number of amides is 1. The van der Waals surface area contributed by atoms with Gasteiger partial charge in [0, 0.05) is 17.9 Å². The molecule has 0 atom stereocenters. The van der Waals surface area contributed by atoms with Crippen LogP contribution in [0.4, 0.5) is 13.2 Å². The van der Waals surface area contributed by atoms with E-state index >= 15 is 0 Å². The molecule has 0 aromatic carbocycles. The van der Waals surface area contributed by atoms with Crippen molar-refractivity contribution in [1.29, 1.82) is 5.26 Å². The van der Waals surface area contributed by atoms with Crippen LogP contribution in [0.15, 0.2) is 5.03 Å². The van der Waals surface area contributed by atoms with Crippen molar-refractivity contribution < 1.29 is 18.0 Å². The summed E-state index contributed by atoms with van der Waals surface area (Å²) in [5.41, 5.74) is 4.28. The summed E-state index contributed by atoms with van der Waals surface area (Å²) >= 11 is 0.969. The highest BCUT2D eigenvalue weighted by Crippen LogP contribution is 2.41. The molecule has 118 valence electrons. The van der Waals surface area contributed by atoms with Gasteiger partial charge in [-0.1, -0.05) is 0 Å². The van der Waals surface area contributed by atoms with Gasteiger partial charge in [0.2, 0.25) is 5.91 Å². The van der Waals surface area contributed by atoms with Crippen molar-refractivity contribution >= 4 is 17.7 Å². The monoisotopic (exact) mass is 329 g/mol. The lowest BCUT2D eigenvalue weighted by Gasteiger charge is -2.22. The van der Waals surface area contributed by atoms with Gasteiger partial charge in [0.1, 0.15) is 11.1 Å². The lowest BCUT2D eigenvalue weighted by molar-refractivity contribution is -0.138. The maximum atomic E-state index is 13.4. The zero-order valence-corrected chi connectivity index (χ0v) is 12.5. The molecule has 0 saturated carbocycles. The maximum absolute atomic E-state index is 13.4. The van der Waals surface area contributed by atoms with Crippen LogP contribution in [0, 0.1) is 11.3 Å². The lowest BCUT2D eigenvalue weighted by Crippen LogP contribution is -2.19. The SMILES string of the molecule is N#Cc1c(SCCC(N)=O)nc2c(c1C(F)(F)F)CCCC2. The van der Waals surface area contributed by atoms with E-state index in [2.05, 4.69) is 4.98 Å². The quantitative estimate of drug-likeness (QED) is 0.862. The van der Waals surface area contributed by atoms with E-state index in [4.69, 9.17) is 5.73 Å². The molecule has 0 aliphatic heterocycles. The molecule has 1 aliphatic carbocycles. The average Bonchev–Trinajstić information content (AvgIpc) is 2.44. The second kappa shape index (κ2) is 6.57. The first-order chi connectivity index (χ1) is 10.3. The van der Waals surface area contributed by atoms with Crippen molar-refractivity contribution in [3.63, 3.8) is 0 Å². The first kappa shape index (κ1) is 16.6. The molecule has 0 radical (unpaired) electrons. The number of rotatable bonds is 4. The topological polar surface area (TPSA) is 79.8 Å². The molecule has 1 aromatic rings. The van der Waals surface area contributed by atoms with Gasteiger partial charge in [0.15, 0.2) is 0 Å². The molecular weight excluding hydrogens is 315 g/mol. The summed E-state index contributed by atoms with van der Waals surface area (Å²) < 4.78 is 40.2. The molecule has 2 N–H and O–H groups in total. The van der Waals surface area contributed by atoms with E-state index in [-0.39, 0.29) is 29.2 Å². The predicted octanol–water partition coefficient (Wildman–Crippen LogP) is 2.82. The summed E-state index contributed by atoms with van der Waals surface area (Å²) in [6, 6.07) is 1.64. The maximum Gasteiger partial charge on any atom is 0.418 e. The number of hydrogen-bond donors (Lipinski definition) is 1. The van der Waals surface area contributed by atoms with E-state index < -0.39 is 23.2 Å². The van der Waals surface area contributed by atoms with Gasteiger partial charge >= 0.3 is 6.18 Å². The van der Waals surface area contributed by atoms with E-state index in [1.165, 1.54) is 0 Å². The Morgan fingerprint density at radius 2 is 2.05 bits per heavy atom. The van der Waals surface area contributed by atoms with Gasteiger partial charge in [-0.3, -0.25) is 4.79 Å². The molecule has 1 amide bonds. The molecular formula is C14H14F3N3OS. The summed E-state index contributed by atoms with van der Waals surface area (Å²) in [6.07, 6.45) is -2.35. The molecule has 1 heterocycles. The highest BCUT2D eigenvalue weighted by Gasteiger charge is 2.39. The number of fused-ring (bicyclic) bond motifs is 1. The van der Waals surface area contributed by atoms with Gasteiger partial charge < -0.3 is 5.73 Å². The summed E-state index contributed by atoms with van der Waals surface area (Å²) in [5.74, 6) is -0.340. The number of pyridine rings is 1. The zero-order valence-electron chi connectivity index (χ0n) is 11.7. The van der Waals surface area contributed by atoms with Gasteiger partial charge in [0.05, 0.1) is 11.1 Å². The van der Waals surface area contributed by atoms with Crippen LogP contribution in [-0.4, -0.2) is 16.6 Å². The Balaban J connectivity index is 2.50. The number of aromatic nitrogens is 1. The molecule has 1 aliphatic rings. The van der Waals surface area contributed by atoms with Crippen molar-refractivity contribution in [2.75, 3.05) is 5.75 Å². The van der Waals surface area contributed by atoms with Gasteiger partial charge in [-0.05, 0) is 31.2 Å². The lowest BCUT2D eigenvalue weighted by atomic mass is 9.90. The van der Waals surface area contributed by atoms with Crippen LogP contribution in [-0.2, 0) is 23.8 Å². The number of nitrogens with zero attached hydrogens (tertiary/aromatic N) is 2. The number of aryl methyl sites for hydroxylation is 1. The molecule has 0 fully saturated rings. The molecule has 22 heavy (non-hydrogen) atoms. The van der Waals surface area contributed by atoms with Crippen LogP contribution < -0.4 is 5.73 Å². The highest BCUT2D eigenvalue weighted by molar-refractivity contribution is 7.99. The third-order valence-electron chi connectivity index (χ3n) is 3.42. The third kappa shape index (κ3) is 3.53. The summed E-state index contributed by atoms with van der Waals surface area (Å²) in [6.45, 7) is 0. The molecule has 8 heteroatoms. The Bertz CT molecular complexity index is 638. The average molecular weight is 329 g/mol. The highest BCUT2D eigenvalue weighted by atomic mass is 32.2. The van der Waals surface area contributed by atoms with Crippen LogP contribution >= 0.6 is 11.8 Å². The third-order valence-corrected chi connectivity index (χ3v) is 4.40. The Hall–Kier alpha value is -1.75. The van der Waals surface area contributed by atoms with Crippen LogP contribution in [0.1, 0.15) is 41.6 Å². The number of carbonyl (C=O) groups excluding carboxylic acids is 1. The number of thioether (sulfide) groups is 1. The van der Waals surface area contributed by atoms with Gasteiger partial charge in [0.25, 0.3) is 0 Å². The first-order valence-corrected chi connectivity index (χ1v) is 7.77. The number of hydrogen-bond acceptors (Lipinski definition) is 4. The fraction of sp³-hybridized carbons (Fsp3) is 0.500. The van der Waals surface area contributed by atoms with E-state index in [1.807, 2.05) is 0 Å². The number of alkyl halides is 3. The second-order valence-corrected chi connectivity index (χ2v) is 6.06. The number of halogens is 3. The number of nitriles is 1. The molecule has 0 bridgehead atoms. The Labute approximate surface area is 129 Å². The molecule has 2 rings (SSSR count). The predicted molar refractivity (Wildman–Crippen MR) is 75.1 cm³/mol. The van der Waals surface area contributed by atoms with Crippen LogP contribution in [0.2, 0.25) is 0 Å². The minimum atomic E-state index is -4.59. The summed E-state index contributed by atoms with van der Waals surface area (Å²) in [5, 5.41) is 9.22. The molecule has 1 aromatic heterocycles. The minimum Gasteiger partial charge on any atom is -0.370 e. The Kier molecular flexibility index (Phi) is 4.96. The Morgan fingerprint density at radius 1 is 1.36 bits per heavy atom. The van der Waals surface area contributed by atoms with Crippen LogP contribution in [0.3, 0.4) is 0 Å². The van der Waals surface area contributed by atoms with E-state index in [0.717, 1.165) is 18.2 Å². The van der Waals surface area contributed by atoms with E-state index in [9.17, 15) is 23.2 Å². The van der Waals surface area contributed by atoms with Crippen molar-refractivity contribution in [2.24, 2.45) is 5.73 Å². The first-order valence-electron chi connectivity index (χ1n) is 6.78. The van der Waals surface area contributed by atoms with Crippen LogP contribution in [0.25, 0.3) is 0 Å². The Morgan fingerprint density at radius 3 is 2.64 bits per heavy atom. The van der Waals surface area contributed by atoms with Crippen molar-refractivity contribution in [2.45, 2.75) is 43.3 Å². The fourth-order valence-electron chi connectivity index (χ4n) is 2.49. The number of nitrogens with two attached hydrogens (primary N) is 1. The summed E-state index contributed by atoms with van der Waals surface area (Å²) in [4.78, 5) is 15.0. The van der Waals surface area contributed by atoms with Gasteiger partial charge in [-0.25, -0.2) is 4.98 Å². The smallest absolute Gasteiger partial charge is 0.370 e. The summed E-state index contributed by atoms with van der Waals surface area (Å²) in [7, 11) is 0. The minimum absolute atomic E-state index is 0.0235.